The van der Waals surface area contributed by atoms with E-state index in [9.17, 15) is 4.79 Å². The second kappa shape index (κ2) is 43.6. The molecule has 11 aromatic rings. The van der Waals surface area contributed by atoms with Crippen molar-refractivity contribution in [3.63, 3.8) is 0 Å². The molecule has 1 fully saturated rings. The number of anilines is 7. The molecule has 0 aliphatic carbocycles. The van der Waals surface area contributed by atoms with E-state index in [-0.39, 0.29) is 29.8 Å². The summed E-state index contributed by atoms with van der Waals surface area (Å²) in [6, 6.07) is 69.7. The van der Waals surface area contributed by atoms with Gasteiger partial charge in [-0.2, -0.15) is 0 Å². The molecular weight excluding hydrogens is 1280 g/mol. The third-order valence-electron chi connectivity index (χ3n) is 12.4. The summed E-state index contributed by atoms with van der Waals surface area (Å²) in [5.41, 5.74) is 14.4. The number of nitrogens with one attached hydrogen (secondary N) is 4. The number of pyridine rings is 1. The average molecular weight is 1370 g/mol. The highest BCUT2D eigenvalue weighted by Gasteiger charge is 2.51. The van der Waals surface area contributed by atoms with Crippen molar-refractivity contribution in [2.45, 2.75) is 115 Å². The molecule has 12 rings (SSSR count). The molecule has 6 N–H and O–H groups in total. The summed E-state index contributed by atoms with van der Waals surface area (Å²) >= 11 is 14.7. The Hall–Kier alpha value is -9.17. The van der Waals surface area contributed by atoms with Crippen molar-refractivity contribution in [3.8, 4) is 22.5 Å². The number of hydrogen-bond acceptors (Lipinski definition) is 15. The minimum Gasteiger partial charge on any atom is -0.399 e. The first kappa shape index (κ1) is 79.1. The SMILES string of the molecule is Brc1ccccc1.CC.CC.CC.CC.CC1(C)OB(c2ccccc2)OC1(C)C.Cc1cc(-c2ccccc2)nc(Nc2cccnc2)n1.Cc1cc(Cl)nc(N)n1.Cc1cc(Cl)nc(Nc2ccccc2)n1.O=c1cc(-c2ccccc2)nc(Nc2ccccc2)[nH]1. The molecule has 0 unspecified atom stereocenters. The predicted octanol–water partition coefficient (Wildman–Crippen LogP) is 19.5. The summed E-state index contributed by atoms with van der Waals surface area (Å²) in [7, 11) is -0.240. The lowest BCUT2D eigenvalue weighted by Crippen LogP contribution is -2.41. The van der Waals surface area contributed by atoms with Crippen LogP contribution >= 0.6 is 39.1 Å². The van der Waals surface area contributed by atoms with E-state index in [1.807, 2.05) is 276 Å². The van der Waals surface area contributed by atoms with Gasteiger partial charge < -0.3 is 31.0 Å². The summed E-state index contributed by atoms with van der Waals surface area (Å²) in [5, 5.41) is 10.2. The van der Waals surface area contributed by atoms with Gasteiger partial charge in [0.25, 0.3) is 5.56 Å². The molecule has 1 aliphatic heterocycles. The number of H-pyrrole nitrogens is 1. The van der Waals surface area contributed by atoms with E-state index in [1.54, 1.807) is 24.5 Å². The van der Waals surface area contributed by atoms with E-state index in [4.69, 9.17) is 38.2 Å². The summed E-state index contributed by atoms with van der Waals surface area (Å²) in [6.45, 7) is 29.9. The van der Waals surface area contributed by atoms with Crippen LogP contribution in [-0.4, -0.2) is 63.2 Å². The van der Waals surface area contributed by atoms with Crippen LogP contribution < -0.4 is 32.7 Å². The Morgan fingerprint density at radius 3 is 1.29 bits per heavy atom. The second-order valence-corrected chi connectivity index (χ2v) is 21.6. The molecule has 20 heteroatoms. The first-order valence-electron chi connectivity index (χ1n) is 31.1. The molecule has 0 bridgehead atoms. The van der Waals surface area contributed by atoms with Crippen LogP contribution in [-0.2, 0) is 9.31 Å². The first-order chi connectivity index (χ1) is 45.4. The fourth-order valence-corrected chi connectivity index (χ4v) is 8.46. The fraction of sp³-hybridized carbons (Fsp3) is 0.230. The van der Waals surface area contributed by atoms with E-state index in [0.29, 0.717) is 33.8 Å². The monoisotopic (exact) mass is 1370 g/mol. The van der Waals surface area contributed by atoms with Crippen molar-refractivity contribution in [3.05, 3.63) is 273 Å². The van der Waals surface area contributed by atoms with Crippen LogP contribution in [0.2, 0.25) is 10.3 Å². The highest BCUT2D eigenvalue weighted by atomic mass is 79.9. The zero-order valence-electron chi connectivity index (χ0n) is 56.5. The van der Waals surface area contributed by atoms with Gasteiger partial charge in [-0.05, 0) is 121 Å². The number of rotatable bonds is 9. The summed E-state index contributed by atoms with van der Waals surface area (Å²) in [4.78, 5) is 47.7. The number of aromatic nitrogens is 9. The van der Waals surface area contributed by atoms with Gasteiger partial charge in [0.2, 0.25) is 23.8 Å². The van der Waals surface area contributed by atoms with Crippen LogP contribution in [0.1, 0.15) is 100 Å². The van der Waals surface area contributed by atoms with Gasteiger partial charge in [-0.15, -0.1) is 0 Å². The van der Waals surface area contributed by atoms with Crippen LogP contribution in [0.5, 0.6) is 0 Å². The largest absolute Gasteiger partial charge is 0.494 e. The molecular formula is C74H89BBrCl2N13O3. The predicted molar refractivity (Wildman–Crippen MR) is 399 cm³/mol. The van der Waals surface area contributed by atoms with Crippen LogP contribution in [0.4, 0.5) is 40.9 Å². The number of nitrogens with two attached hydrogens (primary N) is 1. The second-order valence-electron chi connectivity index (χ2n) is 19.9. The van der Waals surface area contributed by atoms with Crippen molar-refractivity contribution in [2.75, 3.05) is 21.7 Å². The molecule has 0 radical (unpaired) electrons. The maximum absolute atomic E-state index is 11.7. The van der Waals surface area contributed by atoms with Crippen LogP contribution in [0.25, 0.3) is 22.5 Å². The van der Waals surface area contributed by atoms with Crippen LogP contribution in [0.15, 0.2) is 240 Å². The van der Waals surface area contributed by atoms with E-state index in [1.165, 1.54) is 6.07 Å². The minimum absolute atomic E-state index is 0.183. The van der Waals surface area contributed by atoms with Gasteiger partial charge in [-0.3, -0.25) is 14.8 Å². The maximum atomic E-state index is 11.7. The van der Waals surface area contributed by atoms with E-state index in [0.717, 1.165) is 60.9 Å². The third kappa shape index (κ3) is 29.2. The number of nitrogen functional groups attached to an aromatic ring is 1. The molecule has 94 heavy (non-hydrogen) atoms. The van der Waals surface area contributed by atoms with Crippen LogP contribution in [0, 0.1) is 20.8 Å². The number of para-hydroxylation sites is 2. The molecule has 1 saturated heterocycles. The van der Waals surface area contributed by atoms with Crippen molar-refractivity contribution in [1.82, 2.24) is 44.9 Å². The Balaban J connectivity index is 0.000000295. The molecule has 0 atom stereocenters. The van der Waals surface area contributed by atoms with Crippen molar-refractivity contribution < 1.29 is 9.31 Å². The highest BCUT2D eigenvalue weighted by molar-refractivity contribution is 9.10. The van der Waals surface area contributed by atoms with E-state index in [2.05, 4.69) is 104 Å². The Morgan fingerprint density at radius 1 is 0.457 bits per heavy atom. The topological polar surface area (TPSA) is 217 Å². The van der Waals surface area contributed by atoms with Crippen molar-refractivity contribution in [2.24, 2.45) is 0 Å². The van der Waals surface area contributed by atoms with Gasteiger partial charge in [-0.25, -0.2) is 34.9 Å². The average Bonchev–Trinajstić information content (AvgIpc) is 1.64. The van der Waals surface area contributed by atoms with E-state index >= 15 is 0 Å². The lowest BCUT2D eigenvalue weighted by atomic mass is 9.79. The van der Waals surface area contributed by atoms with Gasteiger partial charge >= 0.3 is 7.12 Å². The number of aromatic amines is 1. The number of benzene rings is 6. The third-order valence-corrected chi connectivity index (χ3v) is 13.4. The van der Waals surface area contributed by atoms with E-state index < -0.39 is 0 Å². The number of nitrogens with zero attached hydrogens (tertiary/aromatic N) is 8. The van der Waals surface area contributed by atoms with Crippen molar-refractivity contribution in [1.29, 1.82) is 0 Å². The summed E-state index contributed by atoms with van der Waals surface area (Å²) in [5.74, 6) is 1.76. The zero-order chi connectivity index (χ0) is 69.3. The molecule has 0 amide bonds. The summed E-state index contributed by atoms with van der Waals surface area (Å²) < 4.78 is 13.0. The standard InChI is InChI=1S/C16H14N4.C16H13N3O.C12H17BO2.C11H10ClN3.C6H5Br.C5H6ClN3.4C2H6/c1-12-10-15(13-6-3-2-4-7-13)20-16(18-12)19-14-8-5-9-17-11-14;20-15-11-14(12-7-3-1-4-8-12)18-16(19-15)17-13-9-5-2-6-10-13;1-11(2)12(3,4)15-13(14-11)10-8-6-5-7-9-10;1-8-7-10(12)15-11(13-8)14-9-5-3-2-4-6-9;7-6-4-2-1-3-5-6;1-3-2-4(6)9-5(7)8-3;4*1-2/h2-11H,1H3,(H,18,19,20);1-11H,(H2,17,18,19,20);5-9H,1-4H3;2-7H,1H3,(H,13,14,15);1-5H;2H,1H3,(H2,7,8,9);4*1-2H3. The Kier molecular flexibility index (Phi) is 36.7. The molecule has 492 valence electrons. The quantitative estimate of drug-likeness (QED) is 0.0671. The minimum atomic E-state index is -0.256. The Morgan fingerprint density at radius 2 is 0.851 bits per heavy atom. The molecule has 0 spiro atoms. The summed E-state index contributed by atoms with van der Waals surface area (Å²) in [6.07, 6.45) is 3.48. The molecule has 5 aromatic heterocycles. The van der Waals surface area contributed by atoms with Gasteiger partial charge in [0.1, 0.15) is 10.3 Å². The molecule has 6 heterocycles. The van der Waals surface area contributed by atoms with Crippen molar-refractivity contribution >= 4 is 92.6 Å². The first-order valence-corrected chi connectivity index (χ1v) is 32.7. The smallest absolute Gasteiger partial charge is 0.399 e. The number of hydrogen-bond donors (Lipinski definition) is 5. The molecule has 6 aromatic carbocycles. The van der Waals surface area contributed by atoms with Crippen LogP contribution in [0.3, 0.4) is 0 Å². The maximum Gasteiger partial charge on any atom is 0.494 e. The Labute approximate surface area is 575 Å². The van der Waals surface area contributed by atoms with Gasteiger partial charge in [0, 0.05) is 56.3 Å². The lowest BCUT2D eigenvalue weighted by Gasteiger charge is -2.32. The molecule has 16 nitrogen and oxygen atoms in total. The van der Waals surface area contributed by atoms with Gasteiger partial charge in [0.15, 0.2) is 0 Å². The lowest BCUT2D eigenvalue weighted by molar-refractivity contribution is 0.00578. The number of halogens is 3. The number of aryl methyl sites for hydroxylation is 3. The highest BCUT2D eigenvalue weighted by Crippen LogP contribution is 2.36. The van der Waals surface area contributed by atoms with Gasteiger partial charge in [-0.1, -0.05) is 240 Å². The fourth-order valence-electron chi connectivity index (χ4n) is 7.67. The normalized spacial score (nSPS) is 11.4. The molecule has 0 saturated carbocycles. The zero-order valence-corrected chi connectivity index (χ0v) is 59.6. The Bertz CT molecular complexity index is 3790. The van der Waals surface area contributed by atoms with Gasteiger partial charge in [0.05, 0.1) is 34.5 Å². The molecule has 1 aliphatic rings.